The molecule has 5 rings (SSSR count). The monoisotopic (exact) mass is 530 g/mol. The standard InChI is InChI=1S/C24H22ClF3N8O/c1-34-9-11-35(12-10-34)15-7-5-14(6-8-15)31-22-30-13-16-20(29)36(23(37)33-21(16)32-22)19-17(24(26,27)28)3-2-4-18(19)25/h2-8,13,29H,9-12H2,1H3,(H2,30,31,32,33,37). The van der Waals surface area contributed by atoms with E-state index in [1.54, 1.807) is 0 Å². The molecule has 37 heavy (non-hydrogen) atoms. The third-order valence-electron chi connectivity index (χ3n) is 6.20. The third-order valence-corrected chi connectivity index (χ3v) is 6.51. The van der Waals surface area contributed by atoms with Crippen molar-refractivity contribution >= 4 is 40.0 Å². The number of H-pyrrole nitrogens is 1. The zero-order chi connectivity index (χ0) is 26.3. The molecule has 2 aromatic heterocycles. The predicted molar refractivity (Wildman–Crippen MR) is 135 cm³/mol. The van der Waals surface area contributed by atoms with Gasteiger partial charge >= 0.3 is 11.9 Å². The van der Waals surface area contributed by atoms with Crippen molar-refractivity contribution < 1.29 is 13.2 Å². The summed E-state index contributed by atoms with van der Waals surface area (Å²) in [6, 6.07) is 10.9. The summed E-state index contributed by atoms with van der Waals surface area (Å²) >= 11 is 6.04. The lowest BCUT2D eigenvalue weighted by Gasteiger charge is -2.34. The van der Waals surface area contributed by atoms with Gasteiger partial charge in [-0.1, -0.05) is 17.7 Å². The maximum absolute atomic E-state index is 13.6. The number of nitrogens with one attached hydrogen (secondary N) is 3. The highest BCUT2D eigenvalue weighted by molar-refractivity contribution is 6.32. The molecule has 4 aromatic rings. The topological polar surface area (TPSA) is 106 Å². The molecule has 3 N–H and O–H groups in total. The van der Waals surface area contributed by atoms with Crippen LogP contribution in [-0.4, -0.2) is 57.6 Å². The third kappa shape index (κ3) is 4.89. The molecule has 0 bridgehead atoms. The molecule has 1 saturated heterocycles. The number of aromatic amines is 1. The zero-order valence-electron chi connectivity index (χ0n) is 19.6. The van der Waals surface area contributed by atoms with Crippen molar-refractivity contribution in [3.8, 4) is 5.69 Å². The summed E-state index contributed by atoms with van der Waals surface area (Å²) in [5.41, 5.74) is -1.47. The lowest BCUT2D eigenvalue weighted by Crippen LogP contribution is -2.44. The summed E-state index contributed by atoms with van der Waals surface area (Å²) in [4.78, 5) is 28.3. The maximum atomic E-state index is 13.6. The van der Waals surface area contributed by atoms with E-state index >= 15 is 0 Å². The Labute approximate surface area is 213 Å². The van der Waals surface area contributed by atoms with Gasteiger partial charge in [0.1, 0.15) is 5.49 Å². The van der Waals surface area contributed by atoms with E-state index in [9.17, 15) is 18.0 Å². The minimum atomic E-state index is -4.79. The Hall–Kier alpha value is -3.90. The van der Waals surface area contributed by atoms with Crippen molar-refractivity contribution in [1.82, 2.24) is 24.4 Å². The van der Waals surface area contributed by atoms with Crippen LogP contribution in [0.2, 0.25) is 5.02 Å². The fourth-order valence-corrected chi connectivity index (χ4v) is 4.48. The van der Waals surface area contributed by atoms with E-state index in [0.717, 1.165) is 44.0 Å². The van der Waals surface area contributed by atoms with Gasteiger partial charge in [-0.3, -0.25) is 10.4 Å². The molecule has 0 saturated carbocycles. The molecule has 0 unspecified atom stereocenters. The molecule has 13 heteroatoms. The maximum Gasteiger partial charge on any atom is 0.418 e. The predicted octanol–water partition coefficient (Wildman–Crippen LogP) is 3.76. The SMILES string of the molecule is CN1CCN(c2ccc(Nc3ncc4c(=N)n(-c5c(Cl)cccc5C(F)(F)F)c(=O)[nH]c4n3)cc2)CC1. The van der Waals surface area contributed by atoms with Gasteiger partial charge in [-0.15, -0.1) is 0 Å². The highest BCUT2D eigenvalue weighted by Crippen LogP contribution is 2.36. The van der Waals surface area contributed by atoms with Crippen LogP contribution < -0.4 is 21.4 Å². The van der Waals surface area contributed by atoms with Crippen LogP contribution in [-0.2, 0) is 6.18 Å². The molecule has 1 aliphatic heterocycles. The molecule has 0 amide bonds. The first kappa shape index (κ1) is 24.8. The first-order chi connectivity index (χ1) is 17.6. The second-order valence-electron chi connectivity index (χ2n) is 8.67. The van der Waals surface area contributed by atoms with E-state index in [-0.39, 0.29) is 22.0 Å². The number of aromatic nitrogens is 4. The Morgan fingerprint density at radius 3 is 2.46 bits per heavy atom. The summed E-state index contributed by atoms with van der Waals surface area (Å²) in [6.07, 6.45) is -3.52. The van der Waals surface area contributed by atoms with E-state index in [1.165, 1.54) is 12.3 Å². The second-order valence-corrected chi connectivity index (χ2v) is 9.07. The number of hydrogen-bond acceptors (Lipinski definition) is 7. The molecule has 0 spiro atoms. The van der Waals surface area contributed by atoms with E-state index in [4.69, 9.17) is 17.0 Å². The summed E-state index contributed by atoms with van der Waals surface area (Å²) in [5.74, 6) is 0.154. The van der Waals surface area contributed by atoms with Crippen LogP contribution in [0.5, 0.6) is 0 Å². The fourth-order valence-electron chi connectivity index (χ4n) is 4.22. The number of alkyl halides is 3. The van der Waals surface area contributed by atoms with Gasteiger partial charge in [0.05, 0.1) is 21.7 Å². The number of piperazine rings is 1. The molecule has 2 aromatic carbocycles. The molecule has 1 aliphatic rings. The average molecular weight is 531 g/mol. The number of rotatable bonds is 4. The van der Waals surface area contributed by atoms with E-state index in [2.05, 4.69) is 37.1 Å². The Morgan fingerprint density at radius 2 is 1.78 bits per heavy atom. The normalized spacial score (nSPS) is 14.8. The van der Waals surface area contributed by atoms with Gasteiger partial charge < -0.3 is 15.1 Å². The van der Waals surface area contributed by atoms with Crippen LogP contribution in [0, 0.1) is 5.41 Å². The first-order valence-corrected chi connectivity index (χ1v) is 11.7. The van der Waals surface area contributed by atoms with Crippen molar-refractivity contribution in [2.75, 3.05) is 43.4 Å². The lowest BCUT2D eigenvalue weighted by molar-refractivity contribution is -0.137. The summed E-state index contributed by atoms with van der Waals surface area (Å²) in [5, 5.41) is 11.2. The van der Waals surface area contributed by atoms with Crippen molar-refractivity contribution in [2.45, 2.75) is 6.18 Å². The number of likely N-dealkylation sites (N-methyl/N-ethyl adjacent to an activating group) is 1. The molecule has 1 fully saturated rings. The highest BCUT2D eigenvalue weighted by atomic mass is 35.5. The Bertz CT molecular complexity index is 1570. The van der Waals surface area contributed by atoms with Crippen molar-refractivity contribution in [3.63, 3.8) is 0 Å². The quantitative estimate of drug-likeness (QED) is 0.371. The minimum Gasteiger partial charge on any atom is -0.369 e. The van der Waals surface area contributed by atoms with Crippen molar-refractivity contribution in [1.29, 1.82) is 5.41 Å². The van der Waals surface area contributed by atoms with Gasteiger partial charge in [0.15, 0.2) is 5.65 Å². The second kappa shape index (κ2) is 9.52. The van der Waals surface area contributed by atoms with Crippen LogP contribution in [0.15, 0.2) is 53.5 Å². The number of anilines is 3. The molecule has 0 aliphatic carbocycles. The average Bonchev–Trinajstić information content (AvgIpc) is 2.85. The number of para-hydroxylation sites is 1. The molecular weight excluding hydrogens is 509 g/mol. The molecule has 192 valence electrons. The Balaban J connectivity index is 1.46. The Morgan fingerprint density at radius 1 is 1.08 bits per heavy atom. The van der Waals surface area contributed by atoms with Gasteiger partial charge in [0.25, 0.3) is 0 Å². The van der Waals surface area contributed by atoms with Gasteiger partial charge in [0, 0.05) is 43.8 Å². The molecular formula is C24H22ClF3N8O. The Kier molecular flexibility index (Phi) is 6.38. The molecule has 3 heterocycles. The molecule has 0 atom stereocenters. The first-order valence-electron chi connectivity index (χ1n) is 11.3. The molecule has 0 radical (unpaired) electrons. The lowest BCUT2D eigenvalue weighted by atomic mass is 10.1. The number of halogens is 4. The van der Waals surface area contributed by atoms with Crippen LogP contribution in [0.25, 0.3) is 16.7 Å². The number of nitrogens with zero attached hydrogens (tertiary/aromatic N) is 5. The summed E-state index contributed by atoms with van der Waals surface area (Å²) in [6.45, 7) is 3.88. The largest absolute Gasteiger partial charge is 0.418 e. The van der Waals surface area contributed by atoms with Gasteiger partial charge in [-0.05, 0) is 43.4 Å². The summed E-state index contributed by atoms with van der Waals surface area (Å²) in [7, 11) is 2.10. The molecule has 9 nitrogen and oxygen atoms in total. The van der Waals surface area contributed by atoms with Crippen LogP contribution in [0.3, 0.4) is 0 Å². The van der Waals surface area contributed by atoms with E-state index in [1.807, 2.05) is 24.3 Å². The number of fused-ring (bicyclic) bond motifs is 1. The highest BCUT2D eigenvalue weighted by Gasteiger charge is 2.35. The van der Waals surface area contributed by atoms with Crippen LogP contribution in [0.1, 0.15) is 5.56 Å². The summed E-state index contributed by atoms with van der Waals surface area (Å²) < 4.78 is 41.4. The number of hydrogen-bond donors (Lipinski definition) is 3. The smallest absolute Gasteiger partial charge is 0.369 e. The van der Waals surface area contributed by atoms with Crippen molar-refractivity contribution in [3.05, 3.63) is 75.2 Å². The van der Waals surface area contributed by atoms with Crippen LogP contribution in [0.4, 0.5) is 30.5 Å². The van der Waals surface area contributed by atoms with Crippen LogP contribution >= 0.6 is 11.6 Å². The zero-order valence-corrected chi connectivity index (χ0v) is 20.4. The van der Waals surface area contributed by atoms with Gasteiger partial charge in [-0.2, -0.15) is 18.2 Å². The van der Waals surface area contributed by atoms with Gasteiger partial charge in [-0.25, -0.2) is 14.3 Å². The van der Waals surface area contributed by atoms with Crippen molar-refractivity contribution in [2.24, 2.45) is 0 Å². The van der Waals surface area contributed by atoms with E-state index < -0.39 is 28.6 Å². The van der Waals surface area contributed by atoms with Gasteiger partial charge in [0.2, 0.25) is 5.95 Å². The number of benzene rings is 2. The fraction of sp³-hybridized carbons (Fsp3) is 0.250. The minimum absolute atomic E-state index is 0.00146. The van der Waals surface area contributed by atoms with E-state index in [0.29, 0.717) is 10.3 Å².